The lowest BCUT2D eigenvalue weighted by atomic mass is 9.79. The van der Waals surface area contributed by atoms with E-state index in [4.69, 9.17) is 9.31 Å². The number of thioether (sulfide) groups is 1. The molecule has 36 heavy (non-hydrogen) atoms. The molecule has 6 nitrogen and oxygen atoms in total. The van der Waals surface area contributed by atoms with Gasteiger partial charge in [-0.2, -0.15) is 17.5 Å². The third-order valence-corrected chi connectivity index (χ3v) is 9.61. The van der Waals surface area contributed by atoms with Gasteiger partial charge in [0.15, 0.2) is 0 Å². The van der Waals surface area contributed by atoms with Crippen molar-refractivity contribution in [2.75, 3.05) is 18.4 Å². The number of nitrogens with one attached hydrogen (secondary N) is 1. The van der Waals surface area contributed by atoms with Gasteiger partial charge in [-0.3, -0.25) is 0 Å². The number of alkyl halides is 3. The molecule has 2 aromatic rings. The van der Waals surface area contributed by atoms with Gasteiger partial charge in [0.25, 0.3) is 0 Å². The zero-order chi connectivity index (χ0) is 26.4. The lowest BCUT2D eigenvalue weighted by Crippen LogP contribution is -2.42. The number of hydrogen-bond donors (Lipinski definition) is 1. The van der Waals surface area contributed by atoms with E-state index < -0.39 is 33.9 Å². The fraction of sp³-hybridized carbons (Fsp3) is 0.500. The van der Waals surface area contributed by atoms with E-state index in [0.717, 1.165) is 5.46 Å². The number of anilines is 1. The fourth-order valence-corrected chi connectivity index (χ4v) is 6.16. The summed E-state index contributed by atoms with van der Waals surface area (Å²) in [6.07, 6.45) is 1.18. The van der Waals surface area contributed by atoms with E-state index in [2.05, 4.69) is 5.32 Å². The minimum atomic E-state index is -4.32. The van der Waals surface area contributed by atoms with Gasteiger partial charge in [0.1, 0.15) is 0 Å². The average Bonchev–Trinajstić information content (AvgIpc) is 3.01. The highest BCUT2D eigenvalue weighted by Crippen LogP contribution is 2.38. The molecule has 0 aromatic heterocycles. The lowest BCUT2D eigenvalue weighted by molar-refractivity contribution is -0.0328. The van der Waals surface area contributed by atoms with Crippen LogP contribution in [0.25, 0.3) is 0 Å². The average molecular weight is 542 g/mol. The Morgan fingerprint density at radius 2 is 1.47 bits per heavy atom. The molecule has 2 aliphatic rings. The van der Waals surface area contributed by atoms with Gasteiger partial charge < -0.3 is 14.6 Å². The Kier molecular flexibility index (Phi) is 7.48. The van der Waals surface area contributed by atoms with E-state index in [1.807, 2.05) is 27.7 Å². The second-order valence-corrected chi connectivity index (χ2v) is 13.1. The van der Waals surface area contributed by atoms with Crippen molar-refractivity contribution in [3.8, 4) is 0 Å². The van der Waals surface area contributed by atoms with Crippen LogP contribution < -0.4 is 10.8 Å². The standard InChI is InChI=1S/C24H30BF3N2O4S2/c1-22(2)23(3,4)34-25(33-22)17-5-11-21(12-6-17)36(31,32)30-15-13-19(14-16-30)29-18-7-9-20(10-8-18)35-24(26,27)28/h5-12,19,29H,13-16H2,1-4H3. The molecule has 2 fully saturated rings. The predicted octanol–water partition coefficient (Wildman–Crippen LogP) is 4.86. The first-order chi connectivity index (χ1) is 16.7. The van der Waals surface area contributed by atoms with Gasteiger partial charge in [0, 0.05) is 29.7 Å². The second kappa shape index (κ2) is 9.87. The SMILES string of the molecule is CC1(C)OB(c2ccc(S(=O)(=O)N3CCC(Nc4ccc(SC(F)(F)F)cc4)CC3)cc2)OC1(C)C. The first-order valence-corrected chi connectivity index (χ1v) is 14.0. The van der Waals surface area contributed by atoms with Crippen LogP contribution in [0.4, 0.5) is 18.9 Å². The number of halogens is 3. The molecule has 12 heteroatoms. The number of hydrogen-bond acceptors (Lipinski definition) is 6. The van der Waals surface area contributed by atoms with Crippen LogP contribution in [0, 0.1) is 0 Å². The molecular weight excluding hydrogens is 512 g/mol. The highest BCUT2D eigenvalue weighted by atomic mass is 32.2. The number of piperidine rings is 1. The van der Waals surface area contributed by atoms with Crippen LogP contribution >= 0.6 is 11.8 Å². The quantitative estimate of drug-likeness (QED) is 0.416. The molecule has 0 unspecified atom stereocenters. The smallest absolute Gasteiger partial charge is 0.399 e. The fourth-order valence-electron chi connectivity index (χ4n) is 4.15. The highest BCUT2D eigenvalue weighted by molar-refractivity contribution is 8.00. The van der Waals surface area contributed by atoms with Gasteiger partial charge in [0.05, 0.1) is 16.1 Å². The second-order valence-electron chi connectivity index (χ2n) is 10.1. The van der Waals surface area contributed by atoms with E-state index >= 15 is 0 Å². The van der Waals surface area contributed by atoms with Crippen molar-refractivity contribution in [3.05, 3.63) is 48.5 Å². The van der Waals surface area contributed by atoms with Crippen molar-refractivity contribution in [2.24, 2.45) is 0 Å². The molecule has 0 saturated carbocycles. The van der Waals surface area contributed by atoms with Crippen LogP contribution in [-0.4, -0.2) is 55.7 Å². The van der Waals surface area contributed by atoms with Crippen LogP contribution in [-0.2, 0) is 19.3 Å². The van der Waals surface area contributed by atoms with Crippen LogP contribution in [0.3, 0.4) is 0 Å². The Morgan fingerprint density at radius 3 is 1.97 bits per heavy atom. The monoisotopic (exact) mass is 542 g/mol. The zero-order valence-corrected chi connectivity index (χ0v) is 22.3. The van der Waals surface area contributed by atoms with Crippen LogP contribution in [0.5, 0.6) is 0 Å². The van der Waals surface area contributed by atoms with Crippen LogP contribution in [0.1, 0.15) is 40.5 Å². The van der Waals surface area contributed by atoms with Gasteiger partial charge >= 0.3 is 12.6 Å². The topological polar surface area (TPSA) is 67.9 Å². The Morgan fingerprint density at radius 1 is 0.944 bits per heavy atom. The third kappa shape index (κ3) is 6.04. The predicted molar refractivity (Wildman–Crippen MR) is 136 cm³/mol. The minimum absolute atomic E-state index is 0.0308. The number of nitrogens with zero attached hydrogens (tertiary/aromatic N) is 1. The first kappa shape index (κ1) is 27.3. The normalized spacial score (nSPS) is 21.0. The Hall–Kier alpha value is -1.73. The molecule has 0 atom stereocenters. The summed E-state index contributed by atoms with van der Waals surface area (Å²) in [5.41, 5.74) is -3.81. The Bertz CT molecular complexity index is 1150. The minimum Gasteiger partial charge on any atom is -0.399 e. The van der Waals surface area contributed by atoms with Crippen molar-refractivity contribution in [1.82, 2.24) is 4.31 Å². The Balaban J connectivity index is 1.33. The molecule has 2 heterocycles. The number of rotatable bonds is 6. The summed E-state index contributed by atoms with van der Waals surface area (Å²) in [5.74, 6) is 0. The highest BCUT2D eigenvalue weighted by Gasteiger charge is 2.51. The number of sulfonamides is 1. The maximum atomic E-state index is 13.2. The van der Waals surface area contributed by atoms with Gasteiger partial charge in [0.2, 0.25) is 10.0 Å². The molecule has 0 spiro atoms. The molecule has 2 aliphatic heterocycles. The van der Waals surface area contributed by atoms with E-state index in [-0.39, 0.29) is 27.6 Å². The van der Waals surface area contributed by atoms with Crippen molar-refractivity contribution in [2.45, 2.75) is 73.1 Å². The number of benzene rings is 2. The molecule has 2 saturated heterocycles. The summed E-state index contributed by atoms with van der Waals surface area (Å²) in [4.78, 5) is 0.338. The molecule has 196 valence electrons. The van der Waals surface area contributed by atoms with E-state index in [1.54, 1.807) is 36.4 Å². The van der Waals surface area contributed by atoms with Crippen LogP contribution in [0.15, 0.2) is 58.3 Å². The molecule has 0 amide bonds. The van der Waals surface area contributed by atoms with Crippen molar-refractivity contribution in [1.29, 1.82) is 0 Å². The molecule has 0 aliphatic carbocycles. The molecule has 0 bridgehead atoms. The van der Waals surface area contributed by atoms with E-state index in [1.165, 1.54) is 16.4 Å². The molecule has 0 radical (unpaired) electrons. The summed E-state index contributed by atoms with van der Waals surface area (Å²) in [6, 6.07) is 12.7. The molecular formula is C24H30BF3N2O4S2. The molecule has 4 rings (SSSR count). The van der Waals surface area contributed by atoms with E-state index in [0.29, 0.717) is 31.6 Å². The Labute approximate surface area is 215 Å². The van der Waals surface area contributed by atoms with Gasteiger partial charge in [-0.05, 0) is 94.2 Å². The van der Waals surface area contributed by atoms with Crippen molar-refractivity contribution < 1.29 is 30.9 Å². The van der Waals surface area contributed by atoms with E-state index in [9.17, 15) is 21.6 Å². The summed E-state index contributed by atoms with van der Waals surface area (Å²) >= 11 is -0.151. The maximum absolute atomic E-state index is 13.2. The van der Waals surface area contributed by atoms with Gasteiger partial charge in [-0.1, -0.05) is 12.1 Å². The third-order valence-electron chi connectivity index (χ3n) is 6.96. The first-order valence-electron chi connectivity index (χ1n) is 11.7. The van der Waals surface area contributed by atoms with Crippen molar-refractivity contribution >= 4 is 40.1 Å². The summed E-state index contributed by atoms with van der Waals surface area (Å²) < 4.78 is 77.4. The summed E-state index contributed by atoms with van der Waals surface area (Å²) in [7, 11) is -4.21. The molecule has 1 N–H and O–H groups in total. The van der Waals surface area contributed by atoms with Gasteiger partial charge in [-0.25, -0.2) is 8.42 Å². The summed E-state index contributed by atoms with van der Waals surface area (Å²) in [5, 5.41) is 3.29. The molecule has 2 aromatic carbocycles. The van der Waals surface area contributed by atoms with Gasteiger partial charge in [-0.15, -0.1) is 0 Å². The van der Waals surface area contributed by atoms with Crippen LogP contribution in [0.2, 0.25) is 0 Å². The maximum Gasteiger partial charge on any atom is 0.494 e. The zero-order valence-electron chi connectivity index (χ0n) is 20.6. The summed E-state index contributed by atoms with van der Waals surface area (Å²) in [6.45, 7) is 8.55. The largest absolute Gasteiger partial charge is 0.494 e. The lowest BCUT2D eigenvalue weighted by Gasteiger charge is -2.32. The van der Waals surface area contributed by atoms with Crippen molar-refractivity contribution in [3.63, 3.8) is 0 Å².